The summed E-state index contributed by atoms with van der Waals surface area (Å²) in [5.74, 6) is 0.699. The van der Waals surface area contributed by atoms with Crippen LogP contribution in [-0.4, -0.2) is 41.9 Å². The number of nitrogens with one attached hydrogen (secondary N) is 1. The van der Waals surface area contributed by atoms with E-state index in [2.05, 4.69) is 20.5 Å². The van der Waals surface area contributed by atoms with Crippen LogP contribution in [0, 0.1) is 0 Å². The molecule has 0 saturated heterocycles. The maximum atomic E-state index is 14.1. The van der Waals surface area contributed by atoms with Gasteiger partial charge in [-0.05, 0) is 28.5 Å². The quantitative estimate of drug-likeness (QED) is 0.390. The van der Waals surface area contributed by atoms with Crippen molar-refractivity contribution < 1.29 is 4.74 Å². The third-order valence-electron chi connectivity index (χ3n) is 6.04. The lowest BCUT2D eigenvalue weighted by Crippen LogP contribution is -2.22. The van der Waals surface area contributed by atoms with Crippen LogP contribution in [0.15, 0.2) is 96.1 Å². The van der Waals surface area contributed by atoms with E-state index in [1.54, 1.807) is 7.11 Å². The second kappa shape index (κ2) is 8.95. The minimum absolute atomic E-state index is 0.188. The van der Waals surface area contributed by atoms with Crippen LogP contribution in [0.25, 0.3) is 39.2 Å². The lowest BCUT2D eigenvalue weighted by Gasteiger charge is -2.10. The zero-order valence-electron chi connectivity index (χ0n) is 19.4. The van der Waals surface area contributed by atoms with Gasteiger partial charge in [0.25, 0.3) is 5.56 Å². The van der Waals surface area contributed by atoms with Crippen LogP contribution in [0.3, 0.4) is 0 Å². The Balaban J connectivity index is 1.67. The third kappa shape index (κ3) is 3.72. The maximum absolute atomic E-state index is 14.1. The Hall–Kier alpha value is -5.05. The predicted molar refractivity (Wildman–Crippen MR) is 136 cm³/mol. The van der Waals surface area contributed by atoms with Crippen LogP contribution in [0.4, 0.5) is 0 Å². The van der Waals surface area contributed by atoms with E-state index < -0.39 is 0 Å². The molecule has 36 heavy (non-hydrogen) atoms. The zero-order valence-corrected chi connectivity index (χ0v) is 19.4. The number of aromatic amines is 1. The van der Waals surface area contributed by atoms with Gasteiger partial charge in [-0.25, -0.2) is 4.98 Å². The fraction of sp³-hybridized carbons (Fsp3) is 0.0741. The maximum Gasteiger partial charge on any atom is 0.280 e. The highest BCUT2D eigenvalue weighted by atomic mass is 16.5. The highest BCUT2D eigenvalue weighted by Crippen LogP contribution is 2.35. The van der Waals surface area contributed by atoms with Gasteiger partial charge in [-0.15, -0.1) is 10.2 Å². The Morgan fingerprint density at radius 2 is 1.50 bits per heavy atom. The molecule has 0 aliphatic rings. The molecule has 0 amide bonds. The number of rotatable bonds is 6. The average Bonchev–Trinajstić information content (AvgIpc) is 3.58. The van der Waals surface area contributed by atoms with E-state index in [0.29, 0.717) is 22.7 Å². The molecule has 1 N–H and O–H groups in total. The Bertz CT molecular complexity index is 1690. The van der Waals surface area contributed by atoms with E-state index in [1.807, 2.05) is 84.9 Å². The number of hydrogen-bond acceptors (Lipinski definition) is 6. The minimum atomic E-state index is -0.223. The van der Waals surface area contributed by atoms with Crippen molar-refractivity contribution in [2.75, 3.05) is 7.11 Å². The summed E-state index contributed by atoms with van der Waals surface area (Å²) in [5, 5.41) is 15.3. The number of H-pyrrole nitrogens is 1. The molecule has 0 fully saturated rings. The fourth-order valence-corrected chi connectivity index (χ4v) is 4.37. The summed E-state index contributed by atoms with van der Waals surface area (Å²) >= 11 is 0. The van der Waals surface area contributed by atoms with Crippen molar-refractivity contribution in [3.63, 3.8) is 0 Å². The standard InChI is InChI=1S/C27H21N7O2/c1-36-21-14-12-19(13-15-21)23-22(16-33-29-17-28-32-33)30-26-24(18-8-4-2-5-9-18)25(31-34(26)27(23)35)20-10-6-3-7-11-20/h2-15,17,31H,16H2,1H3. The predicted octanol–water partition coefficient (Wildman–Crippen LogP) is 4.07. The monoisotopic (exact) mass is 475 g/mol. The summed E-state index contributed by atoms with van der Waals surface area (Å²) in [4.78, 5) is 20.5. The number of ether oxygens (including phenoxy) is 1. The number of tetrazole rings is 1. The summed E-state index contributed by atoms with van der Waals surface area (Å²) in [6.07, 6.45) is 1.36. The van der Waals surface area contributed by atoms with E-state index in [4.69, 9.17) is 9.72 Å². The highest BCUT2D eigenvalue weighted by molar-refractivity contribution is 5.91. The molecule has 0 unspecified atom stereocenters. The van der Waals surface area contributed by atoms with Gasteiger partial charge < -0.3 is 4.74 Å². The molecule has 3 aromatic heterocycles. The smallest absolute Gasteiger partial charge is 0.280 e. The van der Waals surface area contributed by atoms with Crippen LogP contribution < -0.4 is 10.3 Å². The molecule has 0 radical (unpaired) electrons. The van der Waals surface area contributed by atoms with Gasteiger partial charge in [-0.3, -0.25) is 9.89 Å². The molecule has 0 spiro atoms. The van der Waals surface area contributed by atoms with E-state index >= 15 is 0 Å². The molecule has 3 aromatic carbocycles. The molecule has 0 aliphatic carbocycles. The van der Waals surface area contributed by atoms with Crippen LogP contribution in [-0.2, 0) is 6.54 Å². The van der Waals surface area contributed by atoms with Gasteiger partial charge in [0.15, 0.2) is 12.0 Å². The first-order valence-corrected chi connectivity index (χ1v) is 11.4. The van der Waals surface area contributed by atoms with E-state index in [0.717, 1.165) is 27.9 Å². The molecule has 0 aliphatic heterocycles. The van der Waals surface area contributed by atoms with E-state index in [1.165, 1.54) is 15.6 Å². The number of hydrogen-bond donors (Lipinski definition) is 1. The zero-order chi connectivity index (χ0) is 24.5. The number of nitrogens with zero attached hydrogens (tertiary/aromatic N) is 6. The van der Waals surface area contributed by atoms with E-state index in [9.17, 15) is 4.79 Å². The third-order valence-corrected chi connectivity index (χ3v) is 6.04. The number of methoxy groups -OCH3 is 1. The van der Waals surface area contributed by atoms with E-state index in [-0.39, 0.29) is 12.1 Å². The summed E-state index contributed by atoms with van der Waals surface area (Å²) in [7, 11) is 1.61. The Labute approximate surface area is 205 Å². The molecule has 9 nitrogen and oxygen atoms in total. The second-order valence-electron chi connectivity index (χ2n) is 8.19. The summed E-state index contributed by atoms with van der Waals surface area (Å²) < 4.78 is 6.82. The van der Waals surface area contributed by atoms with Gasteiger partial charge in [0.1, 0.15) is 12.3 Å². The van der Waals surface area contributed by atoms with Crippen molar-refractivity contribution in [3.05, 3.63) is 107 Å². The van der Waals surface area contributed by atoms with Gasteiger partial charge in [-0.1, -0.05) is 72.8 Å². The van der Waals surface area contributed by atoms with Crippen LogP contribution >= 0.6 is 0 Å². The lowest BCUT2D eigenvalue weighted by molar-refractivity contribution is 0.415. The van der Waals surface area contributed by atoms with Crippen molar-refractivity contribution in [2.45, 2.75) is 6.54 Å². The van der Waals surface area contributed by atoms with Crippen LogP contribution in [0.2, 0.25) is 0 Å². The molecule has 0 saturated carbocycles. The molecule has 6 aromatic rings. The Kier molecular flexibility index (Phi) is 5.34. The Morgan fingerprint density at radius 1 is 0.833 bits per heavy atom. The molecular formula is C27H21N7O2. The topological polar surface area (TPSA) is 103 Å². The van der Waals surface area contributed by atoms with Gasteiger partial charge in [0.2, 0.25) is 0 Å². The van der Waals surface area contributed by atoms with Crippen molar-refractivity contribution in [1.82, 2.24) is 34.8 Å². The van der Waals surface area contributed by atoms with Crippen LogP contribution in [0.5, 0.6) is 5.75 Å². The largest absolute Gasteiger partial charge is 0.497 e. The van der Waals surface area contributed by atoms with Crippen LogP contribution in [0.1, 0.15) is 5.69 Å². The molecule has 3 heterocycles. The minimum Gasteiger partial charge on any atom is -0.497 e. The van der Waals surface area contributed by atoms with Crippen molar-refractivity contribution >= 4 is 5.65 Å². The lowest BCUT2D eigenvalue weighted by atomic mass is 10.0. The van der Waals surface area contributed by atoms with Crippen molar-refractivity contribution in [3.8, 4) is 39.3 Å². The molecule has 9 heteroatoms. The van der Waals surface area contributed by atoms with Gasteiger partial charge in [-0.2, -0.15) is 9.31 Å². The number of benzene rings is 3. The SMILES string of the molecule is COc1ccc(-c2c(Cn3ncnn3)nc3c(-c4ccccc4)c(-c4ccccc4)[nH]n3c2=O)cc1. The van der Waals surface area contributed by atoms with Crippen molar-refractivity contribution in [1.29, 1.82) is 0 Å². The first kappa shape index (κ1) is 21.5. The Morgan fingerprint density at radius 3 is 2.14 bits per heavy atom. The summed E-state index contributed by atoms with van der Waals surface area (Å²) in [6.45, 7) is 0.188. The van der Waals surface area contributed by atoms with Gasteiger partial charge >= 0.3 is 0 Å². The number of fused-ring (bicyclic) bond motifs is 1. The first-order valence-electron chi connectivity index (χ1n) is 11.4. The van der Waals surface area contributed by atoms with Gasteiger partial charge in [0.05, 0.1) is 29.6 Å². The normalized spacial score (nSPS) is 11.1. The first-order chi connectivity index (χ1) is 17.7. The average molecular weight is 476 g/mol. The van der Waals surface area contributed by atoms with Crippen molar-refractivity contribution in [2.24, 2.45) is 0 Å². The molecule has 6 rings (SSSR count). The second-order valence-corrected chi connectivity index (χ2v) is 8.19. The molecule has 0 bridgehead atoms. The highest BCUT2D eigenvalue weighted by Gasteiger charge is 2.23. The molecular weight excluding hydrogens is 454 g/mol. The molecule has 0 atom stereocenters. The van der Waals surface area contributed by atoms with Gasteiger partial charge in [0, 0.05) is 5.56 Å². The fourth-order valence-electron chi connectivity index (χ4n) is 4.37. The summed E-state index contributed by atoms with van der Waals surface area (Å²) in [6, 6.07) is 27.2. The number of aromatic nitrogens is 7. The molecule has 176 valence electrons. The summed E-state index contributed by atoms with van der Waals surface area (Å²) in [5.41, 5.74) is 5.56.